The Morgan fingerprint density at radius 1 is 1.17 bits per heavy atom. The fourth-order valence-electron chi connectivity index (χ4n) is 3.50. The number of hydrogen-bond acceptors (Lipinski definition) is 5. The maximum Gasteiger partial charge on any atom is 0.349 e. The third-order valence-electron chi connectivity index (χ3n) is 5.00. The molecule has 1 aromatic heterocycles. The SMILES string of the molecule is CCS(=O)(=O)N1CCCc2cc(NC(=O)c3cc4ccccc4oc3=O)ccc21. The normalized spacial score (nSPS) is 13.9. The fourth-order valence-corrected chi connectivity index (χ4v) is 4.70. The lowest BCUT2D eigenvalue weighted by atomic mass is 10.0. The van der Waals surface area contributed by atoms with Gasteiger partial charge in [0.25, 0.3) is 5.91 Å². The van der Waals surface area contributed by atoms with Crippen molar-refractivity contribution in [3.63, 3.8) is 0 Å². The van der Waals surface area contributed by atoms with E-state index in [2.05, 4.69) is 5.32 Å². The molecule has 0 saturated heterocycles. The molecule has 8 heteroatoms. The molecule has 1 aliphatic rings. The molecule has 3 aromatic rings. The molecule has 1 aliphatic heterocycles. The first kappa shape index (κ1) is 19.2. The van der Waals surface area contributed by atoms with Crippen LogP contribution < -0.4 is 15.2 Å². The maximum absolute atomic E-state index is 12.6. The minimum Gasteiger partial charge on any atom is -0.422 e. The number of nitrogens with zero attached hydrogens (tertiary/aromatic N) is 1. The van der Waals surface area contributed by atoms with Crippen molar-refractivity contribution in [2.24, 2.45) is 0 Å². The Labute approximate surface area is 168 Å². The lowest BCUT2D eigenvalue weighted by molar-refractivity contribution is 0.102. The second kappa shape index (κ2) is 7.36. The number of fused-ring (bicyclic) bond motifs is 2. The summed E-state index contributed by atoms with van der Waals surface area (Å²) in [6.45, 7) is 2.07. The van der Waals surface area contributed by atoms with Gasteiger partial charge in [0, 0.05) is 17.6 Å². The number of para-hydroxylation sites is 1. The Morgan fingerprint density at radius 3 is 2.76 bits per heavy atom. The van der Waals surface area contributed by atoms with Crippen LogP contribution in [0.2, 0.25) is 0 Å². The van der Waals surface area contributed by atoms with Gasteiger partial charge in [-0.15, -0.1) is 0 Å². The molecule has 7 nitrogen and oxygen atoms in total. The van der Waals surface area contributed by atoms with Gasteiger partial charge in [0.05, 0.1) is 11.4 Å². The zero-order valence-corrected chi connectivity index (χ0v) is 16.7. The van der Waals surface area contributed by atoms with Crippen LogP contribution in [0.15, 0.2) is 57.7 Å². The van der Waals surface area contributed by atoms with Gasteiger partial charge in [0.1, 0.15) is 11.1 Å². The number of rotatable bonds is 4. The van der Waals surface area contributed by atoms with Gasteiger partial charge in [0.2, 0.25) is 10.0 Å². The highest BCUT2D eigenvalue weighted by molar-refractivity contribution is 7.92. The van der Waals surface area contributed by atoms with Gasteiger partial charge in [-0.05, 0) is 55.7 Å². The number of carbonyl (C=O) groups is 1. The van der Waals surface area contributed by atoms with E-state index < -0.39 is 21.6 Å². The summed E-state index contributed by atoms with van der Waals surface area (Å²) in [5.74, 6) is -0.541. The highest BCUT2D eigenvalue weighted by Crippen LogP contribution is 2.32. The van der Waals surface area contributed by atoms with Crippen molar-refractivity contribution in [3.05, 3.63) is 70.1 Å². The van der Waals surface area contributed by atoms with Crippen molar-refractivity contribution in [3.8, 4) is 0 Å². The molecular formula is C21H20N2O5S. The van der Waals surface area contributed by atoms with Crippen LogP contribution in [-0.2, 0) is 16.4 Å². The number of anilines is 2. The Hall–Kier alpha value is -3.13. The smallest absolute Gasteiger partial charge is 0.349 e. The molecule has 0 unspecified atom stereocenters. The molecule has 2 heterocycles. The van der Waals surface area contributed by atoms with Crippen LogP contribution in [-0.4, -0.2) is 26.6 Å². The monoisotopic (exact) mass is 412 g/mol. The Bertz CT molecular complexity index is 1260. The van der Waals surface area contributed by atoms with E-state index in [1.54, 1.807) is 49.4 Å². The molecule has 0 saturated carbocycles. The average molecular weight is 412 g/mol. The summed E-state index contributed by atoms with van der Waals surface area (Å²) in [7, 11) is -3.35. The van der Waals surface area contributed by atoms with Crippen LogP contribution in [0.4, 0.5) is 11.4 Å². The predicted octanol–water partition coefficient (Wildman–Crippen LogP) is 3.15. The third-order valence-corrected chi connectivity index (χ3v) is 6.78. The molecule has 4 rings (SSSR count). The first-order valence-electron chi connectivity index (χ1n) is 9.36. The topological polar surface area (TPSA) is 96.7 Å². The Balaban J connectivity index is 1.63. The molecule has 0 spiro atoms. The number of hydrogen-bond donors (Lipinski definition) is 1. The van der Waals surface area contributed by atoms with Gasteiger partial charge in [-0.1, -0.05) is 18.2 Å². The summed E-state index contributed by atoms with van der Waals surface area (Å²) in [4.78, 5) is 24.8. The van der Waals surface area contributed by atoms with Crippen LogP contribution in [0.3, 0.4) is 0 Å². The summed E-state index contributed by atoms with van der Waals surface area (Å²) in [6.07, 6.45) is 1.42. The highest BCUT2D eigenvalue weighted by atomic mass is 32.2. The molecule has 0 aliphatic carbocycles. The number of amides is 1. The number of benzene rings is 2. The second-order valence-electron chi connectivity index (χ2n) is 6.86. The van der Waals surface area contributed by atoms with Gasteiger partial charge in [0.15, 0.2) is 0 Å². The van der Waals surface area contributed by atoms with Crippen molar-refractivity contribution in [2.45, 2.75) is 19.8 Å². The fraction of sp³-hybridized carbons (Fsp3) is 0.238. The van der Waals surface area contributed by atoms with Gasteiger partial charge >= 0.3 is 5.63 Å². The molecule has 2 aromatic carbocycles. The zero-order valence-electron chi connectivity index (χ0n) is 15.8. The maximum atomic E-state index is 12.6. The molecule has 0 atom stereocenters. The first-order chi connectivity index (χ1) is 13.9. The lowest BCUT2D eigenvalue weighted by Gasteiger charge is -2.30. The third kappa shape index (κ3) is 3.63. The van der Waals surface area contributed by atoms with E-state index in [9.17, 15) is 18.0 Å². The predicted molar refractivity (Wildman–Crippen MR) is 112 cm³/mol. The molecule has 0 radical (unpaired) electrons. The van der Waals surface area contributed by atoms with E-state index in [1.807, 2.05) is 0 Å². The minimum atomic E-state index is -3.35. The molecule has 29 heavy (non-hydrogen) atoms. The molecule has 1 amide bonds. The van der Waals surface area contributed by atoms with Crippen LogP contribution in [0.1, 0.15) is 29.3 Å². The van der Waals surface area contributed by atoms with E-state index in [0.29, 0.717) is 41.7 Å². The van der Waals surface area contributed by atoms with E-state index in [-0.39, 0.29) is 11.3 Å². The van der Waals surface area contributed by atoms with Gasteiger partial charge < -0.3 is 9.73 Å². The molecule has 0 fully saturated rings. The standard InChI is InChI=1S/C21H20N2O5S/c1-2-29(26,27)23-11-5-7-14-12-16(9-10-18(14)23)22-20(24)17-13-15-6-3-4-8-19(15)28-21(17)25/h3-4,6,8-10,12-13H,2,5,7,11H2,1H3,(H,22,24). The van der Waals surface area contributed by atoms with E-state index in [4.69, 9.17) is 4.42 Å². The van der Waals surface area contributed by atoms with Crippen LogP contribution in [0.25, 0.3) is 11.0 Å². The van der Waals surface area contributed by atoms with Crippen molar-refractivity contribution >= 4 is 38.3 Å². The average Bonchev–Trinajstić information content (AvgIpc) is 2.72. The van der Waals surface area contributed by atoms with E-state index in [1.165, 1.54) is 10.4 Å². The number of aryl methyl sites for hydroxylation is 1. The minimum absolute atomic E-state index is 0.0304. The Morgan fingerprint density at radius 2 is 1.97 bits per heavy atom. The van der Waals surface area contributed by atoms with Crippen LogP contribution >= 0.6 is 0 Å². The number of nitrogens with one attached hydrogen (secondary N) is 1. The van der Waals surface area contributed by atoms with Crippen molar-refractivity contribution in [1.29, 1.82) is 0 Å². The second-order valence-corrected chi connectivity index (χ2v) is 9.04. The highest BCUT2D eigenvalue weighted by Gasteiger charge is 2.26. The quantitative estimate of drug-likeness (QED) is 0.664. The summed E-state index contributed by atoms with van der Waals surface area (Å²) < 4.78 is 31.3. The summed E-state index contributed by atoms with van der Waals surface area (Å²) in [6, 6.07) is 13.6. The van der Waals surface area contributed by atoms with Gasteiger partial charge in [-0.3, -0.25) is 9.10 Å². The molecule has 1 N–H and O–H groups in total. The summed E-state index contributed by atoms with van der Waals surface area (Å²) in [5.41, 5.74) is 1.60. The number of sulfonamides is 1. The lowest BCUT2D eigenvalue weighted by Crippen LogP contribution is -2.36. The van der Waals surface area contributed by atoms with Crippen molar-refractivity contribution in [2.75, 3.05) is 21.9 Å². The van der Waals surface area contributed by atoms with E-state index >= 15 is 0 Å². The van der Waals surface area contributed by atoms with Gasteiger partial charge in [-0.2, -0.15) is 0 Å². The summed E-state index contributed by atoms with van der Waals surface area (Å²) >= 11 is 0. The molecule has 0 bridgehead atoms. The van der Waals surface area contributed by atoms with E-state index in [0.717, 1.165) is 5.56 Å². The largest absolute Gasteiger partial charge is 0.422 e. The molecule has 150 valence electrons. The van der Waals surface area contributed by atoms with Crippen LogP contribution in [0, 0.1) is 0 Å². The Kier molecular flexibility index (Phi) is 4.87. The van der Waals surface area contributed by atoms with Crippen molar-refractivity contribution in [1.82, 2.24) is 0 Å². The number of carbonyl (C=O) groups excluding carboxylic acids is 1. The molecular weight excluding hydrogens is 392 g/mol. The first-order valence-corrected chi connectivity index (χ1v) is 11.0. The zero-order chi connectivity index (χ0) is 20.6. The van der Waals surface area contributed by atoms with Crippen molar-refractivity contribution < 1.29 is 17.6 Å². The summed E-state index contributed by atoms with van der Waals surface area (Å²) in [5, 5.41) is 3.37. The van der Waals surface area contributed by atoms with Crippen LogP contribution in [0.5, 0.6) is 0 Å². The van der Waals surface area contributed by atoms with Gasteiger partial charge in [-0.25, -0.2) is 13.2 Å².